The number of hydrogen-bond acceptors (Lipinski definition) is 0. The molecule has 4 aliphatic rings. The Hall–Kier alpha value is -1.56. The zero-order chi connectivity index (χ0) is 17.4. The lowest BCUT2D eigenvalue weighted by Gasteiger charge is -2.29. The molecule has 24 heavy (non-hydrogen) atoms. The van der Waals surface area contributed by atoms with Gasteiger partial charge in [-0.05, 0) is 66.6 Å². The summed E-state index contributed by atoms with van der Waals surface area (Å²) in [6.07, 6.45) is 27.3. The Morgan fingerprint density at radius 2 is 1.50 bits per heavy atom. The van der Waals surface area contributed by atoms with Crippen LogP contribution in [-0.2, 0) is 0 Å². The fourth-order valence-electron chi connectivity index (χ4n) is 4.56. The lowest BCUT2D eigenvalue weighted by Crippen LogP contribution is -2.20. The van der Waals surface area contributed by atoms with Crippen molar-refractivity contribution in [2.45, 2.75) is 59.8 Å². The van der Waals surface area contributed by atoms with Gasteiger partial charge >= 0.3 is 0 Å². The van der Waals surface area contributed by atoms with Crippen LogP contribution in [0.15, 0.2) is 71.4 Å². The van der Waals surface area contributed by atoms with Gasteiger partial charge < -0.3 is 0 Å². The molecule has 0 amide bonds. The van der Waals surface area contributed by atoms with Gasteiger partial charge in [-0.25, -0.2) is 0 Å². The summed E-state index contributed by atoms with van der Waals surface area (Å²) in [6.45, 7) is 8.00. The number of rotatable bonds is 0. The van der Waals surface area contributed by atoms with E-state index in [1.165, 1.54) is 37.7 Å². The highest BCUT2D eigenvalue weighted by Crippen LogP contribution is 2.53. The van der Waals surface area contributed by atoms with Gasteiger partial charge in [0.15, 0.2) is 0 Å². The Morgan fingerprint density at radius 3 is 2.29 bits per heavy atom. The van der Waals surface area contributed by atoms with E-state index in [0.29, 0.717) is 0 Å². The van der Waals surface area contributed by atoms with Crippen LogP contribution in [0.25, 0.3) is 0 Å². The highest BCUT2D eigenvalue weighted by Gasteiger charge is 2.42. The average Bonchev–Trinajstić information content (AvgIpc) is 2.88. The molecule has 0 heteroatoms. The normalized spacial score (nSPS) is 35.7. The van der Waals surface area contributed by atoms with E-state index >= 15 is 0 Å². The molecule has 0 aliphatic heterocycles. The minimum Gasteiger partial charge on any atom is -0.0885 e. The molecular weight excluding hydrogens is 288 g/mol. The smallest absolute Gasteiger partial charge is 0.00842 e. The molecule has 3 atom stereocenters. The molecule has 4 aliphatic carbocycles. The van der Waals surface area contributed by atoms with Crippen molar-refractivity contribution in [1.82, 2.24) is 0 Å². The van der Waals surface area contributed by atoms with Crippen LogP contribution in [0.3, 0.4) is 0 Å². The molecule has 0 nitrogen and oxygen atoms in total. The lowest BCUT2D eigenvalue weighted by molar-refractivity contribution is 0.290. The summed E-state index contributed by atoms with van der Waals surface area (Å²) in [5.41, 5.74) is 4.79. The fraction of sp³-hybridized carbons (Fsp3) is 0.500. The van der Waals surface area contributed by atoms with Crippen molar-refractivity contribution >= 4 is 0 Å². The van der Waals surface area contributed by atoms with Crippen molar-refractivity contribution < 1.29 is 0 Å². The summed E-state index contributed by atoms with van der Waals surface area (Å²) < 4.78 is 0. The van der Waals surface area contributed by atoms with Crippen LogP contribution < -0.4 is 0 Å². The molecular formula is C24H34. The maximum Gasteiger partial charge on any atom is -0.00842 e. The van der Waals surface area contributed by atoms with Crippen LogP contribution in [0.1, 0.15) is 59.8 Å². The van der Waals surface area contributed by atoms with Gasteiger partial charge in [-0.1, -0.05) is 82.4 Å². The van der Waals surface area contributed by atoms with Gasteiger partial charge in [-0.2, -0.15) is 0 Å². The molecule has 0 aromatic heterocycles. The standard InChI is InChI=1S/C20H22.2C2H6/c1-2-6-12-17-16(11-5-1)18-13-7-3-4-9-15-10-8-14-19(17)20(15)18;2*1-2/h1-4,7-10,13,16-17,19H,5-6,11-12,14H2;2*1-2H3/b2-1-,4-3-,7-3?,9-4?,13-7-,15-9-,18-13?;;. The van der Waals surface area contributed by atoms with E-state index in [2.05, 4.69) is 54.7 Å². The first-order valence-electron chi connectivity index (χ1n) is 10.1. The minimum atomic E-state index is 0.772. The van der Waals surface area contributed by atoms with E-state index in [1.807, 2.05) is 27.7 Å². The molecule has 0 heterocycles. The third-order valence-electron chi connectivity index (χ3n) is 5.36. The maximum atomic E-state index is 2.40. The monoisotopic (exact) mass is 322 g/mol. The second kappa shape index (κ2) is 9.67. The molecule has 0 saturated carbocycles. The van der Waals surface area contributed by atoms with E-state index in [4.69, 9.17) is 0 Å². The second-order valence-corrected chi connectivity index (χ2v) is 6.38. The van der Waals surface area contributed by atoms with Crippen molar-refractivity contribution in [2.24, 2.45) is 17.8 Å². The highest BCUT2D eigenvalue weighted by molar-refractivity contribution is 5.56. The predicted molar refractivity (Wildman–Crippen MR) is 108 cm³/mol. The molecule has 0 N–H and O–H groups in total. The predicted octanol–water partition coefficient (Wildman–Crippen LogP) is 7.34. The SMILES string of the molecule is C1=C/C2=C/C=C\C=C/C3=C2C(C1)C1CC/C=C\CCC31.CC.CC. The Morgan fingerprint density at radius 1 is 0.750 bits per heavy atom. The van der Waals surface area contributed by atoms with E-state index in [9.17, 15) is 0 Å². The first-order chi connectivity index (χ1) is 11.9. The van der Waals surface area contributed by atoms with Gasteiger partial charge in [-0.15, -0.1) is 0 Å². The van der Waals surface area contributed by atoms with Gasteiger partial charge in [-0.3, -0.25) is 0 Å². The zero-order valence-corrected chi connectivity index (χ0v) is 16.0. The molecule has 0 saturated heterocycles. The fourth-order valence-corrected chi connectivity index (χ4v) is 4.56. The largest absolute Gasteiger partial charge is 0.0885 e. The third kappa shape index (κ3) is 3.74. The lowest BCUT2D eigenvalue weighted by atomic mass is 9.75. The summed E-state index contributed by atoms with van der Waals surface area (Å²) in [5.74, 6) is 2.42. The Bertz CT molecular complexity index is 577. The molecule has 0 bridgehead atoms. The van der Waals surface area contributed by atoms with Gasteiger partial charge in [0.25, 0.3) is 0 Å². The maximum absolute atomic E-state index is 2.40. The van der Waals surface area contributed by atoms with Gasteiger partial charge in [0, 0.05) is 0 Å². The quantitative estimate of drug-likeness (QED) is 0.409. The van der Waals surface area contributed by atoms with E-state index in [0.717, 1.165) is 17.8 Å². The summed E-state index contributed by atoms with van der Waals surface area (Å²) in [5, 5.41) is 0. The summed E-state index contributed by atoms with van der Waals surface area (Å²) in [6, 6.07) is 0. The molecule has 0 fully saturated rings. The first-order valence-corrected chi connectivity index (χ1v) is 10.1. The van der Waals surface area contributed by atoms with Gasteiger partial charge in [0.05, 0.1) is 0 Å². The first kappa shape index (κ1) is 18.8. The third-order valence-corrected chi connectivity index (χ3v) is 5.36. The molecule has 130 valence electrons. The van der Waals surface area contributed by atoms with Gasteiger partial charge in [0.1, 0.15) is 0 Å². The Kier molecular flexibility index (Phi) is 7.56. The van der Waals surface area contributed by atoms with Crippen LogP contribution in [0.4, 0.5) is 0 Å². The average molecular weight is 323 g/mol. The molecule has 0 spiro atoms. The minimum absolute atomic E-state index is 0.772. The van der Waals surface area contributed by atoms with E-state index in [1.54, 1.807) is 11.1 Å². The Balaban J connectivity index is 0.000000487. The summed E-state index contributed by atoms with van der Waals surface area (Å²) in [4.78, 5) is 0. The van der Waals surface area contributed by atoms with Crippen molar-refractivity contribution in [3.8, 4) is 0 Å². The van der Waals surface area contributed by atoms with Crippen LogP contribution in [-0.4, -0.2) is 0 Å². The van der Waals surface area contributed by atoms with Crippen molar-refractivity contribution in [2.75, 3.05) is 0 Å². The van der Waals surface area contributed by atoms with Gasteiger partial charge in [0.2, 0.25) is 0 Å². The molecule has 0 aromatic rings. The van der Waals surface area contributed by atoms with Crippen molar-refractivity contribution in [3.63, 3.8) is 0 Å². The molecule has 0 aromatic carbocycles. The number of fused-ring (bicyclic) bond motifs is 3. The highest BCUT2D eigenvalue weighted by atomic mass is 14.5. The van der Waals surface area contributed by atoms with Crippen LogP contribution in [0.5, 0.6) is 0 Å². The van der Waals surface area contributed by atoms with Crippen molar-refractivity contribution in [3.05, 3.63) is 71.4 Å². The topological polar surface area (TPSA) is 0 Å². The van der Waals surface area contributed by atoms with Crippen LogP contribution in [0, 0.1) is 17.8 Å². The number of hydrogen-bond donors (Lipinski definition) is 0. The molecule has 4 rings (SSSR count). The number of allylic oxidation sites excluding steroid dienone is 12. The summed E-state index contributed by atoms with van der Waals surface area (Å²) in [7, 11) is 0. The Labute approximate surface area is 149 Å². The molecule has 3 unspecified atom stereocenters. The summed E-state index contributed by atoms with van der Waals surface area (Å²) >= 11 is 0. The zero-order valence-electron chi connectivity index (χ0n) is 16.0. The van der Waals surface area contributed by atoms with E-state index < -0.39 is 0 Å². The van der Waals surface area contributed by atoms with Crippen LogP contribution in [0.2, 0.25) is 0 Å². The second-order valence-electron chi connectivity index (χ2n) is 6.38. The molecule has 0 radical (unpaired) electrons. The van der Waals surface area contributed by atoms with Crippen LogP contribution >= 0.6 is 0 Å². The van der Waals surface area contributed by atoms with Crippen molar-refractivity contribution in [1.29, 1.82) is 0 Å². The van der Waals surface area contributed by atoms with E-state index in [-0.39, 0.29) is 0 Å².